The lowest BCUT2D eigenvalue weighted by molar-refractivity contribution is 0.280. The average molecular weight is 220 g/mol. The summed E-state index contributed by atoms with van der Waals surface area (Å²) in [5, 5.41) is 8.94. The summed E-state index contributed by atoms with van der Waals surface area (Å²) in [5.41, 5.74) is 1.49. The third-order valence-electron chi connectivity index (χ3n) is 2.56. The monoisotopic (exact) mass is 220 g/mol. The number of aromatic nitrogens is 2. The molecule has 0 saturated carbocycles. The molecule has 0 aromatic carbocycles. The van der Waals surface area contributed by atoms with E-state index >= 15 is 0 Å². The van der Waals surface area contributed by atoms with Crippen LogP contribution in [0.25, 0.3) is 11.0 Å². The van der Waals surface area contributed by atoms with Crippen molar-refractivity contribution in [2.24, 2.45) is 0 Å². The van der Waals surface area contributed by atoms with Gasteiger partial charge in [0.25, 0.3) is 11.1 Å². The third-order valence-corrected chi connectivity index (χ3v) is 2.56. The number of hydrogen-bond acceptors (Lipinski definition) is 3. The Hall–Kier alpha value is -1.88. The van der Waals surface area contributed by atoms with E-state index in [9.17, 15) is 9.59 Å². The number of hydrogen-bond donors (Lipinski definition) is 3. The van der Waals surface area contributed by atoms with E-state index in [-0.39, 0.29) is 23.3 Å². The van der Waals surface area contributed by atoms with Crippen LogP contribution in [0.15, 0.2) is 21.7 Å². The first-order valence-corrected chi connectivity index (χ1v) is 5.04. The van der Waals surface area contributed by atoms with Crippen LogP contribution in [0.3, 0.4) is 0 Å². The van der Waals surface area contributed by atoms with E-state index < -0.39 is 0 Å². The number of nitrogens with one attached hydrogen (secondary N) is 2. The highest BCUT2D eigenvalue weighted by molar-refractivity contribution is 5.74. The Morgan fingerprint density at radius 2 is 1.56 bits per heavy atom. The molecule has 0 aliphatic heterocycles. The van der Waals surface area contributed by atoms with E-state index in [1.807, 2.05) is 6.92 Å². The summed E-state index contributed by atoms with van der Waals surface area (Å²) in [6, 6.07) is 3.16. The maximum atomic E-state index is 11.5. The van der Waals surface area contributed by atoms with E-state index in [2.05, 4.69) is 9.97 Å². The van der Waals surface area contributed by atoms with Gasteiger partial charge in [0.2, 0.25) is 0 Å². The van der Waals surface area contributed by atoms with Gasteiger partial charge in [-0.3, -0.25) is 9.59 Å². The maximum Gasteiger partial charge on any atom is 0.254 e. The van der Waals surface area contributed by atoms with E-state index in [1.54, 1.807) is 6.07 Å². The highest BCUT2D eigenvalue weighted by Gasteiger charge is 2.05. The Morgan fingerprint density at radius 3 is 2.06 bits per heavy atom. The minimum atomic E-state index is -0.344. The van der Waals surface area contributed by atoms with Gasteiger partial charge in [-0.05, 0) is 18.6 Å². The molecule has 2 heterocycles. The predicted molar refractivity (Wildman–Crippen MR) is 60.5 cm³/mol. The van der Waals surface area contributed by atoms with Crippen LogP contribution in [0.2, 0.25) is 0 Å². The highest BCUT2D eigenvalue weighted by Crippen LogP contribution is 2.07. The number of rotatable bonds is 2. The topological polar surface area (TPSA) is 85.9 Å². The zero-order valence-electron chi connectivity index (χ0n) is 8.83. The quantitative estimate of drug-likeness (QED) is 0.679. The van der Waals surface area contributed by atoms with Crippen LogP contribution in [0.4, 0.5) is 0 Å². The highest BCUT2D eigenvalue weighted by atomic mass is 16.3. The first kappa shape index (κ1) is 10.6. The second-order valence-corrected chi connectivity index (χ2v) is 3.59. The number of aromatic amines is 2. The second kappa shape index (κ2) is 3.94. The summed E-state index contributed by atoms with van der Waals surface area (Å²) in [7, 11) is 0. The Labute approximate surface area is 90.8 Å². The van der Waals surface area contributed by atoms with Crippen molar-refractivity contribution in [3.05, 3.63) is 44.0 Å². The fourth-order valence-electron chi connectivity index (χ4n) is 1.63. The normalized spacial score (nSPS) is 10.9. The van der Waals surface area contributed by atoms with Gasteiger partial charge < -0.3 is 15.1 Å². The molecule has 3 N–H and O–H groups in total. The largest absolute Gasteiger partial charge is 0.391 e. The fraction of sp³-hybridized carbons (Fsp3) is 0.273. The first-order chi connectivity index (χ1) is 7.65. The van der Waals surface area contributed by atoms with Gasteiger partial charge in [0, 0.05) is 11.1 Å². The van der Waals surface area contributed by atoms with Crippen LogP contribution in [0.1, 0.15) is 18.1 Å². The van der Waals surface area contributed by atoms with Crippen molar-refractivity contribution in [1.82, 2.24) is 9.97 Å². The number of fused-ring (bicyclic) bond motifs is 1. The zero-order chi connectivity index (χ0) is 11.7. The Bertz CT molecular complexity index is 582. The summed E-state index contributed by atoms with van der Waals surface area (Å²) in [4.78, 5) is 28.3. The minimum Gasteiger partial charge on any atom is -0.391 e. The van der Waals surface area contributed by atoms with E-state index in [4.69, 9.17) is 5.11 Å². The van der Waals surface area contributed by atoms with Crippen LogP contribution in [0.5, 0.6) is 0 Å². The SMILES string of the molecule is CCc1cc2[nH]c(=O)c(CO)cc2[nH]c1=O. The number of pyridine rings is 2. The molecule has 0 atom stereocenters. The molecule has 2 rings (SSSR count). The van der Waals surface area contributed by atoms with E-state index in [0.29, 0.717) is 23.0 Å². The molecular weight excluding hydrogens is 208 g/mol. The number of aliphatic hydroxyl groups is 1. The molecule has 0 bridgehead atoms. The molecule has 2 aromatic rings. The molecule has 0 spiro atoms. The first-order valence-electron chi connectivity index (χ1n) is 5.04. The van der Waals surface area contributed by atoms with Gasteiger partial charge in [0.05, 0.1) is 17.6 Å². The molecule has 84 valence electrons. The van der Waals surface area contributed by atoms with Crippen molar-refractivity contribution in [1.29, 1.82) is 0 Å². The molecule has 0 saturated heterocycles. The van der Waals surface area contributed by atoms with Crippen molar-refractivity contribution >= 4 is 11.0 Å². The maximum absolute atomic E-state index is 11.5. The van der Waals surface area contributed by atoms with Crippen molar-refractivity contribution in [2.75, 3.05) is 0 Å². The Balaban J connectivity index is 2.82. The van der Waals surface area contributed by atoms with Gasteiger partial charge in [0.1, 0.15) is 0 Å². The zero-order valence-corrected chi connectivity index (χ0v) is 8.83. The van der Waals surface area contributed by atoms with Crippen LogP contribution >= 0.6 is 0 Å². The number of H-pyrrole nitrogens is 2. The van der Waals surface area contributed by atoms with Crippen molar-refractivity contribution in [3.63, 3.8) is 0 Å². The molecule has 5 heteroatoms. The Kier molecular flexibility index (Phi) is 2.62. The lowest BCUT2D eigenvalue weighted by atomic mass is 10.1. The molecule has 0 fully saturated rings. The summed E-state index contributed by atoms with van der Waals surface area (Å²) >= 11 is 0. The second-order valence-electron chi connectivity index (χ2n) is 3.59. The minimum absolute atomic E-state index is 0.161. The van der Waals surface area contributed by atoms with Gasteiger partial charge in [-0.2, -0.15) is 0 Å². The lowest BCUT2D eigenvalue weighted by Gasteiger charge is -2.02. The van der Waals surface area contributed by atoms with Crippen molar-refractivity contribution in [2.45, 2.75) is 20.0 Å². The Morgan fingerprint density at radius 1 is 1.06 bits per heavy atom. The molecule has 5 nitrogen and oxygen atoms in total. The van der Waals surface area contributed by atoms with Crippen LogP contribution in [0, 0.1) is 0 Å². The van der Waals surface area contributed by atoms with Crippen LogP contribution < -0.4 is 11.1 Å². The van der Waals surface area contributed by atoms with E-state index in [0.717, 1.165) is 0 Å². The lowest BCUT2D eigenvalue weighted by Crippen LogP contribution is -2.17. The standard InChI is InChI=1S/C11H12N2O3/c1-2-6-3-8-9(12-10(6)15)4-7(5-14)11(16)13-8/h3-4,14H,2,5H2,1H3,(H,12,15)(H,13,16). The molecule has 0 unspecified atom stereocenters. The van der Waals surface area contributed by atoms with Gasteiger partial charge in [-0.1, -0.05) is 6.92 Å². The molecule has 0 aliphatic carbocycles. The predicted octanol–water partition coefficient (Wildman–Crippen LogP) is 0.271. The smallest absolute Gasteiger partial charge is 0.254 e. The van der Waals surface area contributed by atoms with Gasteiger partial charge >= 0.3 is 0 Å². The molecule has 16 heavy (non-hydrogen) atoms. The van der Waals surface area contributed by atoms with Gasteiger partial charge in [0.15, 0.2) is 0 Å². The van der Waals surface area contributed by atoms with Gasteiger partial charge in [-0.25, -0.2) is 0 Å². The average Bonchev–Trinajstić information content (AvgIpc) is 2.28. The van der Waals surface area contributed by atoms with Crippen LogP contribution in [-0.4, -0.2) is 15.1 Å². The summed E-state index contributed by atoms with van der Waals surface area (Å²) in [6.45, 7) is 1.53. The van der Waals surface area contributed by atoms with Crippen molar-refractivity contribution < 1.29 is 5.11 Å². The summed E-state index contributed by atoms with van der Waals surface area (Å²) in [5.74, 6) is 0. The molecule has 0 aliphatic rings. The fourth-order valence-corrected chi connectivity index (χ4v) is 1.63. The summed E-state index contributed by atoms with van der Waals surface area (Å²) in [6.07, 6.45) is 0.606. The molecule has 0 radical (unpaired) electrons. The summed E-state index contributed by atoms with van der Waals surface area (Å²) < 4.78 is 0. The number of aliphatic hydroxyl groups excluding tert-OH is 1. The van der Waals surface area contributed by atoms with Gasteiger partial charge in [-0.15, -0.1) is 0 Å². The molecular formula is C11H12N2O3. The molecule has 0 amide bonds. The number of aryl methyl sites for hydroxylation is 1. The third kappa shape index (κ3) is 1.65. The van der Waals surface area contributed by atoms with E-state index in [1.165, 1.54) is 6.07 Å². The molecule has 2 aromatic heterocycles. The van der Waals surface area contributed by atoms with Crippen molar-refractivity contribution in [3.8, 4) is 0 Å². The van der Waals surface area contributed by atoms with Crippen LogP contribution in [-0.2, 0) is 13.0 Å².